The van der Waals surface area contributed by atoms with Crippen LogP contribution in [0, 0.1) is 11.6 Å². The minimum atomic E-state index is -1.04. The molecule has 2 N–H and O–H groups in total. The van der Waals surface area contributed by atoms with Crippen LogP contribution in [0.4, 0.5) is 14.5 Å². The number of nitrogens with one attached hydrogen (secondary N) is 1. The number of nitrogens with zero attached hydrogens (tertiary/aromatic N) is 1. The highest BCUT2D eigenvalue weighted by molar-refractivity contribution is 6.30. The summed E-state index contributed by atoms with van der Waals surface area (Å²) in [6, 6.07) is 7.67. The van der Waals surface area contributed by atoms with Crippen molar-refractivity contribution in [3.05, 3.63) is 64.2 Å². The van der Waals surface area contributed by atoms with Crippen LogP contribution in [0.5, 0.6) is 0 Å². The highest BCUT2D eigenvalue weighted by atomic mass is 35.5. The van der Waals surface area contributed by atoms with Crippen molar-refractivity contribution in [2.75, 3.05) is 5.43 Å². The van der Waals surface area contributed by atoms with Crippen LogP contribution in [0.25, 0.3) is 0 Å². The van der Waals surface area contributed by atoms with Crippen molar-refractivity contribution in [2.45, 2.75) is 6.92 Å². The normalized spacial score (nSPS) is 11.4. The lowest BCUT2D eigenvalue weighted by Gasteiger charge is -2.06. The summed E-state index contributed by atoms with van der Waals surface area (Å²) in [4.78, 5) is 10.7. The second-order valence-electron chi connectivity index (χ2n) is 4.44. The number of hydrazone groups is 1. The van der Waals surface area contributed by atoms with Crippen LogP contribution in [0.3, 0.4) is 0 Å². The maximum atomic E-state index is 13.7. The second kappa shape index (κ2) is 6.53. The maximum Gasteiger partial charge on any atom is 0.335 e. The summed E-state index contributed by atoms with van der Waals surface area (Å²) in [5.74, 6) is -2.46. The Morgan fingerprint density at radius 1 is 1.18 bits per heavy atom. The number of carboxylic acid groups (broad SMARTS) is 1. The summed E-state index contributed by atoms with van der Waals surface area (Å²) < 4.78 is 27.1. The van der Waals surface area contributed by atoms with Gasteiger partial charge in [0.15, 0.2) is 0 Å². The molecule has 0 aromatic heterocycles. The van der Waals surface area contributed by atoms with E-state index >= 15 is 0 Å². The Balaban J connectivity index is 2.19. The predicted octanol–water partition coefficient (Wildman–Crippen LogP) is 4.15. The van der Waals surface area contributed by atoms with Crippen molar-refractivity contribution >= 4 is 29.0 Å². The number of halogens is 3. The minimum absolute atomic E-state index is 0.0171. The summed E-state index contributed by atoms with van der Waals surface area (Å²) in [7, 11) is 0. The van der Waals surface area contributed by atoms with Crippen LogP contribution in [0.1, 0.15) is 22.8 Å². The molecule has 0 aliphatic heterocycles. The largest absolute Gasteiger partial charge is 0.478 e. The van der Waals surface area contributed by atoms with Crippen LogP contribution in [0.2, 0.25) is 5.02 Å². The third-order valence-electron chi connectivity index (χ3n) is 2.88. The van der Waals surface area contributed by atoms with E-state index in [9.17, 15) is 13.6 Å². The molecule has 0 fully saturated rings. The first-order valence-electron chi connectivity index (χ1n) is 6.17. The second-order valence-corrected chi connectivity index (χ2v) is 4.84. The van der Waals surface area contributed by atoms with E-state index < -0.39 is 17.6 Å². The molecule has 2 aromatic rings. The quantitative estimate of drug-likeness (QED) is 0.504. The van der Waals surface area contributed by atoms with Gasteiger partial charge in [-0.25, -0.2) is 13.6 Å². The Hall–Kier alpha value is -2.47. The molecule has 0 bridgehead atoms. The molecular weight excluding hydrogens is 314 g/mol. The summed E-state index contributed by atoms with van der Waals surface area (Å²) >= 11 is 5.49. The monoisotopic (exact) mass is 324 g/mol. The van der Waals surface area contributed by atoms with Gasteiger partial charge in [0.1, 0.15) is 11.6 Å². The molecular formula is C15H11ClF2N2O2. The molecule has 114 valence electrons. The molecule has 0 unspecified atom stereocenters. The summed E-state index contributed by atoms with van der Waals surface area (Å²) in [6.45, 7) is 1.50. The molecule has 0 aliphatic rings. The van der Waals surface area contributed by atoms with Gasteiger partial charge in [-0.1, -0.05) is 11.6 Å². The molecule has 0 saturated carbocycles. The number of benzene rings is 2. The van der Waals surface area contributed by atoms with Crippen molar-refractivity contribution < 1.29 is 18.7 Å². The van der Waals surface area contributed by atoms with Crippen LogP contribution < -0.4 is 5.43 Å². The van der Waals surface area contributed by atoms with Crippen molar-refractivity contribution in [1.29, 1.82) is 0 Å². The van der Waals surface area contributed by atoms with Gasteiger partial charge in [-0.05, 0) is 43.3 Å². The molecule has 0 spiro atoms. The SMILES string of the molecule is C/C(=N\Nc1ccc(C(=O)O)cc1)c1cc(F)c(Cl)cc1F. The van der Waals surface area contributed by atoms with Gasteiger partial charge >= 0.3 is 5.97 Å². The Morgan fingerprint density at radius 3 is 2.41 bits per heavy atom. The van der Waals surface area contributed by atoms with E-state index in [0.29, 0.717) is 5.69 Å². The van der Waals surface area contributed by atoms with Crippen molar-refractivity contribution in [3.8, 4) is 0 Å². The smallest absolute Gasteiger partial charge is 0.335 e. The fourth-order valence-corrected chi connectivity index (χ4v) is 1.85. The molecule has 0 aliphatic carbocycles. The van der Waals surface area contributed by atoms with Gasteiger partial charge in [0.25, 0.3) is 0 Å². The number of hydrogen-bond acceptors (Lipinski definition) is 3. The average molecular weight is 325 g/mol. The number of carbonyl (C=O) groups is 1. The maximum absolute atomic E-state index is 13.7. The molecule has 0 radical (unpaired) electrons. The van der Waals surface area contributed by atoms with Crippen LogP contribution in [0.15, 0.2) is 41.5 Å². The molecule has 0 amide bonds. The number of anilines is 1. The Morgan fingerprint density at radius 2 is 1.82 bits per heavy atom. The number of aromatic carboxylic acids is 1. The lowest BCUT2D eigenvalue weighted by molar-refractivity contribution is 0.0697. The van der Waals surface area contributed by atoms with E-state index in [0.717, 1.165) is 12.1 Å². The van der Waals surface area contributed by atoms with Crippen molar-refractivity contribution in [3.63, 3.8) is 0 Å². The van der Waals surface area contributed by atoms with Crippen LogP contribution in [-0.2, 0) is 0 Å². The topological polar surface area (TPSA) is 61.7 Å². The first kappa shape index (κ1) is 15.9. The highest BCUT2D eigenvalue weighted by Crippen LogP contribution is 2.20. The number of carboxylic acids is 1. The van der Waals surface area contributed by atoms with Crippen molar-refractivity contribution in [2.24, 2.45) is 5.10 Å². The zero-order valence-corrected chi connectivity index (χ0v) is 12.2. The highest BCUT2D eigenvalue weighted by Gasteiger charge is 2.11. The Bertz CT molecular complexity index is 746. The van der Waals surface area contributed by atoms with E-state index in [1.54, 1.807) is 0 Å². The van der Waals surface area contributed by atoms with Gasteiger partial charge in [-0.2, -0.15) is 5.10 Å². The molecule has 0 saturated heterocycles. The van der Waals surface area contributed by atoms with Crippen molar-refractivity contribution in [1.82, 2.24) is 0 Å². The average Bonchev–Trinajstić information content (AvgIpc) is 2.49. The lowest BCUT2D eigenvalue weighted by Crippen LogP contribution is -2.04. The third-order valence-corrected chi connectivity index (χ3v) is 3.17. The van der Waals surface area contributed by atoms with E-state index in [1.165, 1.54) is 31.2 Å². The number of hydrogen-bond donors (Lipinski definition) is 2. The van der Waals surface area contributed by atoms with E-state index in [2.05, 4.69) is 10.5 Å². The zero-order chi connectivity index (χ0) is 16.3. The molecule has 2 rings (SSSR count). The molecule has 22 heavy (non-hydrogen) atoms. The molecule has 2 aromatic carbocycles. The Kier molecular flexibility index (Phi) is 4.72. The Labute approximate surface area is 130 Å². The standard InChI is InChI=1S/C15H11ClF2N2O2/c1-8(11-6-14(18)12(16)7-13(11)17)19-20-10-4-2-9(3-5-10)15(21)22/h2-7,20H,1H3,(H,21,22)/b19-8+. The third kappa shape index (κ3) is 3.59. The number of rotatable bonds is 4. The van der Waals surface area contributed by atoms with Gasteiger partial charge in [0.2, 0.25) is 0 Å². The fraction of sp³-hybridized carbons (Fsp3) is 0.0667. The predicted molar refractivity (Wildman–Crippen MR) is 80.6 cm³/mol. The minimum Gasteiger partial charge on any atom is -0.478 e. The van der Waals surface area contributed by atoms with Crippen LogP contribution in [-0.4, -0.2) is 16.8 Å². The molecule has 4 nitrogen and oxygen atoms in total. The van der Waals surface area contributed by atoms with E-state index in [-0.39, 0.29) is 21.9 Å². The summed E-state index contributed by atoms with van der Waals surface area (Å²) in [5, 5.41) is 12.4. The van der Waals surface area contributed by atoms with Gasteiger partial charge < -0.3 is 5.11 Å². The fourth-order valence-electron chi connectivity index (χ4n) is 1.70. The van der Waals surface area contributed by atoms with Gasteiger partial charge in [0, 0.05) is 5.56 Å². The first-order valence-corrected chi connectivity index (χ1v) is 6.55. The van der Waals surface area contributed by atoms with E-state index in [4.69, 9.17) is 16.7 Å². The summed E-state index contributed by atoms with van der Waals surface area (Å²) in [6.07, 6.45) is 0. The molecule has 0 atom stereocenters. The van der Waals surface area contributed by atoms with Gasteiger partial charge in [0.05, 0.1) is 22.0 Å². The summed E-state index contributed by atoms with van der Waals surface area (Å²) in [5.41, 5.74) is 3.49. The molecule has 7 heteroatoms. The molecule has 0 heterocycles. The van der Waals surface area contributed by atoms with Gasteiger partial charge in [-0.15, -0.1) is 0 Å². The van der Waals surface area contributed by atoms with Gasteiger partial charge in [-0.3, -0.25) is 5.43 Å². The van der Waals surface area contributed by atoms with E-state index in [1.807, 2.05) is 0 Å². The zero-order valence-electron chi connectivity index (χ0n) is 11.4. The lowest BCUT2D eigenvalue weighted by atomic mass is 10.1. The van der Waals surface area contributed by atoms with Crippen LogP contribution >= 0.6 is 11.6 Å². The first-order chi connectivity index (χ1) is 10.4.